The summed E-state index contributed by atoms with van der Waals surface area (Å²) in [6.45, 7) is 3.96. The zero-order chi connectivity index (χ0) is 14.7. The second-order valence-corrected chi connectivity index (χ2v) is 5.28. The number of aryl methyl sites for hydroxylation is 2. The lowest BCUT2D eigenvalue weighted by molar-refractivity contribution is -0.138. The first-order valence-corrected chi connectivity index (χ1v) is 6.66. The molecule has 0 aromatic heterocycles. The van der Waals surface area contributed by atoms with Crippen molar-refractivity contribution < 1.29 is 9.90 Å². The molecule has 4 heteroatoms. The maximum Gasteiger partial charge on any atom is 0.330 e. The van der Waals surface area contributed by atoms with E-state index in [0.29, 0.717) is 10.6 Å². The highest BCUT2D eigenvalue weighted by molar-refractivity contribution is 6.30. The van der Waals surface area contributed by atoms with Gasteiger partial charge in [0, 0.05) is 10.7 Å². The first-order chi connectivity index (χ1) is 9.45. The second-order valence-electron chi connectivity index (χ2n) is 4.84. The number of nitrogens with one attached hydrogen (secondary N) is 1. The second kappa shape index (κ2) is 5.97. The van der Waals surface area contributed by atoms with Gasteiger partial charge in [-0.2, -0.15) is 0 Å². The third kappa shape index (κ3) is 3.52. The monoisotopic (exact) mass is 289 g/mol. The highest BCUT2D eigenvalue weighted by Crippen LogP contribution is 2.23. The van der Waals surface area contributed by atoms with Crippen molar-refractivity contribution in [2.24, 2.45) is 0 Å². The Balaban J connectivity index is 2.30. The number of benzene rings is 2. The summed E-state index contributed by atoms with van der Waals surface area (Å²) in [5, 5.41) is 13.0. The summed E-state index contributed by atoms with van der Waals surface area (Å²) in [6, 6.07) is 11.9. The third-order valence-corrected chi connectivity index (χ3v) is 3.23. The summed E-state index contributed by atoms with van der Waals surface area (Å²) in [5.41, 5.74) is 3.64. The average Bonchev–Trinajstić information content (AvgIpc) is 2.36. The van der Waals surface area contributed by atoms with E-state index < -0.39 is 12.0 Å². The van der Waals surface area contributed by atoms with Crippen molar-refractivity contribution in [3.05, 3.63) is 64.2 Å². The van der Waals surface area contributed by atoms with Crippen molar-refractivity contribution in [2.75, 3.05) is 5.32 Å². The minimum atomic E-state index is -0.925. The van der Waals surface area contributed by atoms with Crippen molar-refractivity contribution >= 4 is 23.3 Å². The van der Waals surface area contributed by atoms with Gasteiger partial charge in [-0.15, -0.1) is 0 Å². The molecule has 0 spiro atoms. The minimum Gasteiger partial charge on any atom is -0.479 e. The number of rotatable bonds is 4. The van der Waals surface area contributed by atoms with Gasteiger partial charge >= 0.3 is 5.97 Å². The normalized spacial score (nSPS) is 11.9. The number of hydrogen-bond donors (Lipinski definition) is 2. The van der Waals surface area contributed by atoms with Crippen LogP contribution in [0.5, 0.6) is 0 Å². The van der Waals surface area contributed by atoms with Crippen molar-refractivity contribution in [3.8, 4) is 0 Å². The van der Waals surface area contributed by atoms with E-state index in [-0.39, 0.29) is 0 Å². The summed E-state index contributed by atoms with van der Waals surface area (Å²) in [6.07, 6.45) is 0. The van der Waals surface area contributed by atoms with Gasteiger partial charge in [0.25, 0.3) is 0 Å². The summed E-state index contributed by atoms with van der Waals surface area (Å²) in [4.78, 5) is 11.5. The van der Waals surface area contributed by atoms with Gasteiger partial charge in [-0.05, 0) is 54.8 Å². The van der Waals surface area contributed by atoms with Crippen LogP contribution in [0.25, 0.3) is 0 Å². The molecule has 104 valence electrons. The van der Waals surface area contributed by atoms with Crippen molar-refractivity contribution in [1.82, 2.24) is 0 Å². The molecule has 0 bridgehead atoms. The van der Waals surface area contributed by atoms with E-state index in [1.807, 2.05) is 32.0 Å². The highest BCUT2D eigenvalue weighted by atomic mass is 35.5. The van der Waals surface area contributed by atoms with Crippen LogP contribution in [-0.4, -0.2) is 11.1 Å². The van der Waals surface area contributed by atoms with Crippen LogP contribution in [0.15, 0.2) is 42.5 Å². The predicted octanol–water partition coefficient (Wildman–Crippen LogP) is 4.19. The van der Waals surface area contributed by atoms with E-state index in [0.717, 1.165) is 16.8 Å². The first kappa shape index (κ1) is 14.4. The van der Waals surface area contributed by atoms with Gasteiger partial charge in [0.2, 0.25) is 0 Å². The lowest BCUT2D eigenvalue weighted by Crippen LogP contribution is -2.20. The van der Waals surface area contributed by atoms with E-state index in [9.17, 15) is 9.90 Å². The molecule has 0 aliphatic rings. The predicted molar refractivity (Wildman–Crippen MR) is 81.4 cm³/mol. The lowest BCUT2D eigenvalue weighted by Gasteiger charge is -2.17. The van der Waals surface area contributed by atoms with Crippen LogP contribution < -0.4 is 5.32 Å². The van der Waals surface area contributed by atoms with Crippen molar-refractivity contribution in [1.29, 1.82) is 0 Å². The smallest absolute Gasteiger partial charge is 0.330 e. The average molecular weight is 290 g/mol. The van der Waals surface area contributed by atoms with Gasteiger partial charge < -0.3 is 10.4 Å². The molecule has 0 radical (unpaired) electrons. The fraction of sp³-hybridized carbons (Fsp3) is 0.188. The molecule has 0 aliphatic heterocycles. The molecule has 3 nitrogen and oxygen atoms in total. The zero-order valence-electron chi connectivity index (χ0n) is 11.4. The van der Waals surface area contributed by atoms with E-state index in [2.05, 4.69) is 5.32 Å². The molecule has 0 amide bonds. The van der Waals surface area contributed by atoms with Crippen molar-refractivity contribution in [2.45, 2.75) is 19.9 Å². The Hall–Kier alpha value is -2.00. The molecule has 2 N–H and O–H groups in total. The van der Waals surface area contributed by atoms with E-state index in [1.165, 1.54) is 0 Å². The molecule has 20 heavy (non-hydrogen) atoms. The molecule has 0 fully saturated rings. The Labute approximate surface area is 123 Å². The van der Waals surface area contributed by atoms with E-state index >= 15 is 0 Å². The van der Waals surface area contributed by atoms with Crippen LogP contribution in [0.4, 0.5) is 5.69 Å². The first-order valence-electron chi connectivity index (χ1n) is 6.29. The Bertz CT molecular complexity index is 603. The molecule has 0 aliphatic carbocycles. The summed E-state index contributed by atoms with van der Waals surface area (Å²) in [5.74, 6) is -0.925. The number of carboxylic acid groups (broad SMARTS) is 1. The topological polar surface area (TPSA) is 49.3 Å². The van der Waals surface area contributed by atoms with E-state index in [4.69, 9.17) is 11.6 Å². The van der Waals surface area contributed by atoms with Gasteiger partial charge in [-0.3, -0.25) is 0 Å². The van der Waals surface area contributed by atoms with Crippen LogP contribution in [0.1, 0.15) is 22.7 Å². The number of halogens is 1. The van der Waals surface area contributed by atoms with Gasteiger partial charge in [-0.25, -0.2) is 4.79 Å². The summed E-state index contributed by atoms with van der Waals surface area (Å²) in [7, 11) is 0. The standard InChI is InChI=1S/C16H16ClNO2/c1-10-7-11(2)9-14(8-10)18-15(16(19)20)12-3-5-13(17)6-4-12/h3-9,15,18H,1-2H3,(H,19,20)/t15-/m1/s1. The highest BCUT2D eigenvalue weighted by Gasteiger charge is 2.19. The quantitative estimate of drug-likeness (QED) is 0.887. The lowest BCUT2D eigenvalue weighted by atomic mass is 10.1. The van der Waals surface area contributed by atoms with Gasteiger partial charge in [0.05, 0.1) is 0 Å². The van der Waals surface area contributed by atoms with E-state index in [1.54, 1.807) is 24.3 Å². The summed E-state index contributed by atoms with van der Waals surface area (Å²) >= 11 is 5.83. The number of aliphatic carboxylic acids is 1. The van der Waals surface area contributed by atoms with Crippen LogP contribution in [0, 0.1) is 13.8 Å². The molecule has 2 aromatic carbocycles. The molecule has 0 saturated carbocycles. The molecular formula is C16H16ClNO2. The molecule has 1 atom stereocenters. The molecule has 2 rings (SSSR count). The molecular weight excluding hydrogens is 274 g/mol. The number of carbonyl (C=O) groups is 1. The minimum absolute atomic E-state index is 0.587. The van der Waals surface area contributed by atoms with Crippen LogP contribution in [0.2, 0.25) is 5.02 Å². The molecule has 2 aromatic rings. The molecule has 0 unspecified atom stereocenters. The maximum atomic E-state index is 11.5. The largest absolute Gasteiger partial charge is 0.479 e. The third-order valence-electron chi connectivity index (χ3n) is 2.98. The fourth-order valence-corrected chi connectivity index (χ4v) is 2.29. The Morgan fingerprint density at radius 1 is 1.10 bits per heavy atom. The van der Waals surface area contributed by atoms with Gasteiger partial charge in [-0.1, -0.05) is 29.8 Å². The van der Waals surface area contributed by atoms with Crippen LogP contribution in [0.3, 0.4) is 0 Å². The number of carboxylic acids is 1. The SMILES string of the molecule is Cc1cc(C)cc(N[C@@H](C(=O)O)c2ccc(Cl)cc2)c1. The van der Waals surface area contributed by atoms with Crippen molar-refractivity contribution in [3.63, 3.8) is 0 Å². The van der Waals surface area contributed by atoms with Gasteiger partial charge in [0.15, 0.2) is 6.04 Å². The van der Waals surface area contributed by atoms with Crippen LogP contribution >= 0.6 is 11.6 Å². The Morgan fingerprint density at radius 2 is 1.65 bits per heavy atom. The van der Waals surface area contributed by atoms with Gasteiger partial charge in [0.1, 0.15) is 0 Å². The molecule has 0 heterocycles. The number of anilines is 1. The fourth-order valence-electron chi connectivity index (χ4n) is 2.17. The molecule has 0 saturated heterocycles. The van der Waals surface area contributed by atoms with Crippen LogP contribution in [-0.2, 0) is 4.79 Å². The Kier molecular flexibility index (Phi) is 4.30. The number of hydrogen-bond acceptors (Lipinski definition) is 2. The maximum absolute atomic E-state index is 11.5. The summed E-state index contributed by atoms with van der Waals surface area (Å²) < 4.78 is 0. The Morgan fingerprint density at radius 3 is 2.15 bits per heavy atom. The zero-order valence-corrected chi connectivity index (χ0v) is 12.1.